The minimum atomic E-state index is -0.780. The molecule has 0 bridgehead atoms. The maximum absolute atomic E-state index is 11.5. The Balaban J connectivity index is 1.04. The second-order valence-corrected chi connectivity index (χ2v) is 12.9. The minimum Gasteiger partial charge on any atom is -0.435 e. The van der Waals surface area contributed by atoms with Crippen molar-refractivity contribution in [3.63, 3.8) is 0 Å². The molecule has 0 aromatic carbocycles. The van der Waals surface area contributed by atoms with Crippen LogP contribution < -0.4 is 16.0 Å². The topological polar surface area (TPSA) is 183 Å². The fourth-order valence-corrected chi connectivity index (χ4v) is 6.11. The summed E-state index contributed by atoms with van der Waals surface area (Å²) in [6, 6.07) is 11.4. The number of aryl methyl sites for hydroxylation is 1. The first kappa shape index (κ1) is 35.9. The molecule has 2 atom stereocenters. The van der Waals surface area contributed by atoms with E-state index in [2.05, 4.69) is 55.4 Å². The molecule has 0 amide bonds. The first-order valence-electron chi connectivity index (χ1n) is 17.1. The van der Waals surface area contributed by atoms with Crippen molar-refractivity contribution in [3.05, 3.63) is 41.9 Å². The molecule has 2 aliphatic rings. The first-order valence-corrected chi connectivity index (χ1v) is 17.1. The van der Waals surface area contributed by atoms with Gasteiger partial charge in [0.1, 0.15) is 18.2 Å². The number of nitrogens with one attached hydrogen (secondary N) is 3. The van der Waals surface area contributed by atoms with Crippen LogP contribution in [0.1, 0.15) is 76.9 Å². The Labute approximate surface area is 287 Å². The molecule has 1 saturated carbocycles. The molecule has 0 spiro atoms. The van der Waals surface area contributed by atoms with Crippen LogP contribution in [0, 0.1) is 23.7 Å². The number of nitriles is 1. The average Bonchev–Trinajstić information content (AvgIpc) is 3.59. The molecule has 264 valence electrons. The maximum atomic E-state index is 11.5. The molecular weight excluding hydrogens is 628 g/mol. The molecule has 2 fully saturated rings. The van der Waals surface area contributed by atoms with Crippen molar-refractivity contribution in [1.82, 2.24) is 35.5 Å². The predicted molar refractivity (Wildman–Crippen MR) is 181 cm³/mol. The normalized spacial score (nSPS) is 20.1. The molecular formula is C34H48N10O5. The number of aromatic nitrogens is 6. The summed E-state index contributed by atoms with van der Waals surface area (Å²) >= 11 is 0. The number of tetrazole rings is 1. The van der Waals surface area contributed by atoms with Crippen LogP contribution in [0.4, 0.5) is 16.4 Å². The zero-order chi connectivity index (χ0) is 34.6. The lowest BCUT2D eigenvalue weighted by atomic mass is 9.82. The second kappa shape index (κ2) is 17.3. The van der Waals surface area contributed by atoms with Crippen molar-refractivity contribution in [2.45, 2.75) is 97.2 Å². The average molecular weight is 677 g/mol. The van der Waals surface area contributed by atoms with E-state index in [0.29, 0.717) is 44.3 Å². The third kappa shape index (κ3) is 10.3. The van der Waals surface area contributed by atoms with Gasteiger partial charge in [-0.3, -0.25) is 0 Å². The molecule has 3 aromatic heterocycles. The third-order valence-electron chi connectivity index (χ3n) is 8.95. The van der Waals surface area contributed by atoms with E-state index >= 15 is 0 Å². The Bertz CT molecular complexity index is 1550. The van der Waals surface area contributed by atoms with E-state index in [-0.39, 0.29) is 19.3 Å². The number of hydrogen-bond acceptors (Lipinski definition) is 14. The fourth-order valence-electron chi connectivity index (χ4n) is 6.11. The van der Waals surface area contributed by atoms with Gasteiger partial charge in [-0.1, -0.05) is 6.07 Å². The van der Waals surface area contributed by atoms with Gasteiger partial charge in [-0.05, 0) is 95.2 Å². The molecule has 3 N–H and O–H groups in total. The Morgan fingerprint density at radius 1 is 1.16 bits per heavy atom. The maximum Gasteiger partial charge on any atom is 0.510 e. The molecule has 4 heterocycles. The summed E-state index contributed by atoms with van der Waals surface area (Å²) in [6.07, 6.45) is 5.97. The predicted octanol–water partition coefficient (Wildman–Crippen LogP) is 4.78. The summed E-state index contributed by atoms with van der Waals surface area (Å²) in [5.74, 6) is 2.01. The lowest BCUT2D eigenvalue weighted by Crippen LogP contribution is -2.43. The van der Waals surface area contributed by atoms with Crippen molar-refractivity contribution in [2.75, 3.05) is 43.6 Å². The van der Waals surface area contributed by atoms with Gasteiger partial charge in [-0.2, -0.15) is 5.26 Å². The van der Waals surface area contributed by atoms with Gasteiger partial charge in [-0.15, -0.1) is 15.0 Å². The summed E-state index contributed by atoms with van der Waals surface area (Å²) in [4.78, 5) is 22.3. The summed E-state index contributed by atoms with van der Waals surface area (Å²) in [5.41, 5.74) is 2.53. The summed E-state index contributed by atoms with van der Waals surface area (Å²) in [7, 11) is 0. The van der Waals surface area contributed by atoms with Crippen LogP contribution >= 0.6 is 0 Å². The Morgan fingerprint density at radius 2 is 1.94 bits per heavy atom. The second-order valence-electron chi connectivity index (χ2n) is 12.9. The summed E-state index contributed by atoms with van der Waals surface area (Å²) in [5, 5.41) is 32.7. The number of ether oxygens (including phenoxy) is 4. The molecule has 1 saturated heterocycles. The van der Waals surface area contributed by atoms with Gasteiger partial charge in [0.2, 0.25) is 12.1 Å². The molecule has 15 heteroatoms. The van der Waals surface area contributed by atoms with Crippen molar-refractivity contribution in [1.29, 1.82) is 5.26 Å². The van der Waals surface area contributed by atoms with Gasteiger partial charge in [0.15, 0.2) is 0 Å². The van der Waals surface area contributed by atoms with Crippen molar-refractivity contribution in [2.24, 2.45) is 5.41 Å². The van der Waals surface area contributed by atoms with Gasteiger partial charge in [0, 0.05) is 49.6 Å². The molecule has 1 aliphatic carbocycles. The third-order valence-corrected chi connectivity index (χ3v) is 8.95. The van der Waals surface area contributed by atoms with Crippen LogP contribution in [-0.4, -0.2) is 87.4 Å². The fraction of sp³-hybridized carbons (Fsp3) is 0.618. The smallest absolute Gasteiger partial charge is 0.435 e. The number of carbonyl (C=O) groups excluding carboxylic acids is 1. The minimum absolute atomic E-state index is 0.150. The van der Waals surface area contributed by atoms with E-state index in [4.69, 9.17) is 23.9 Å². The van der Waals surface area contributed by atoms with Gasteiger partial charge in [-0.25, -0.2) is 14.8 Å². The highest BCUT2D eigenvalue weighted by atomic mass is 16.7. The lowest BCUT2D eigenvalue weighted by molar-refractivity contribution is -0.00552. The zero-order valence-corrected chi connectivity index (χ0v) is 28.9. The van der Waals surface area contributed by atoms with E-state index in [1.54, 1.807) is 13.8 Å². The van der Waals surface area contributed by atoms with Crippen LogP contribution in [-0.2, 0) is 25.6 Å². The standard InChI is InChI=1S/C34H48N10O5/c1-5-48-33(45)49-25(4)44-42-32(41-43-44)20-47-19-24(3)38-26-9-11-27(12-10-26)39-31-17-28(23(2)18-36-31)29-7-6-8-30(40-29)37-22-34(21-35)13-15-46-16-14-34/h6-8,17-18,24-27,38H,5,9-16,19-20,22H2,1-4H3,(H,36,39)(H,37,40)/t24-,25+,26?,27?/m1/s1. The first-order chi connectivity index (χ1) is 23.8. The lowest BCUT2D eigenvalue weighted by Gasteiger charge is -2.32. The van der Waals surface area contributed by atoms with E-state index in [1.807, 2.05) is 31.3 Å². The monoisotopic (exact) mass is 676 g/mol. The zero-order valence-electron chi connectivity index (χ0n) is 28.9. The summed E-state index contributed by atoms with van der Waals surface area (Å²) < 4.78 is 21.2. The largest absolute Gasteiger partial charge is 0.510 e. The van der Waals surface area contributed by atoms with Crippen LogP contribution in [0.25, 0.3) is 11.3 Å². The van der Waals surface area contributed by atoms with Crippen LogP contribution in [0.2, 0.25) is 0 Å². The molecule has 0 unspecified atom stereocenters. The number of carbonyl (C=O) groups is 1. The summed E-state index contributed by atoms with van der Waals surface area (Å²) in [6.45, 7) is 10.2. The van der Waals surface area contributed by atoms with Gasteiger partial charge >= 0.3 is 6.16 Å². The van der Waals surface area contributed by atoms with E-state index in [1.165, 1.54) is 4.80 Å². The molecule has 1 aliphatic heterocycles. The van der Waals surface area contributed by atoms with Gasteiger partial charge in [0.25, 0.3) is 0 Å². The highest BCUT2D eigenvalue weighted by Crippen LogP contribution is 2.31. The Hall–Kier alpha value is -4.39. The number of rotatable bonds is 15. The highest BCUT2D eigenvalue weighted by molar-refractivity contribution is 5.68. The van der Waals surface area contributed by atoms with Gasteiger partial charge < -0.3 is 34.9 Å². The van der Waals surface area contributed by atoms with Crippen LogP contribution in [0.3, 0.4) is 0 Å². The Morgan fingerprint density at radius 3 is 2.69 bits per heavy atom. The number of anilines is 2. The highest BCUT2D eigenvalue weighted by Gasteiger charge is 2.32. The van der Waals surface area contributed by atoms with E-state index in [0.717, 1.165) is 67.0 Å². The van der Waals surface area contributed by atoms with Crippen molar-refractivity contribution >= 4 is 17.8 Å². The quantitative estimate of drug-likeness (QED) is 0.187. The number of nitrogens with zero attached hydrogens (tertiary/aromatic N) is 7. The van der Waals surface area contributed by atoms with Crippen molar-refractivity contribution < 1.29 is 23.7 Å². The molecule has 5 rings (SSSR count). The molecule has 0 radical (unpaired) electrons. The van der Waals surface area contributed by atoms with E-state index in [9.17, 15) is 10.1 Å². The van der Waals surface area contributed by atoms with Crippen LogP contribution in [0.5, 0.6) is 0 Å². The number of pyridine rings is 2. The van der Waals surface area contributed by atoms with Gasteiger partial charge in [0.05, 0.1) is 30.4 Å². The molecule has 15 nitrogen and oxygen atoms in total. The molecule has 3 aromatic rings. The number of hydrogen-bond donors (Lipinski definition) is 3. The van der Waals surface area contributed by atoms with Crippen molar-refractivity contribution in [3.8, 4) is 17.3 Å². The van der Waals surface area contributed by atoms with Crippen LogP contribution in [0.15, 0.2) is 30.5 Å². The molecule has 49 heavy (non-hydrogen) atoms. The Kier molecular flexibility index (Phi) is 12.7. The van der Waals surface area contributed by atoms with E-state index < -0.39 is 17.8 Å². The SMILES string of the molecule is CCOC(=O)O[C@@H](C)n1nnc(COC[C@@H](C)NC2CCC(Nc3cc(-c4cccc(NCC5(C#N)CCOCC5)n4)c(C)cn3)CC2)n1.